The van der Waals surface area contributed by atoms with Crippen molar-refractivity contribution in [3.05, 3.63) is 96.8 Å². The van der Waals surface area contributed by atoms with Gasteiger partial charge in [0.2, 0.25) is 6.29 Å². The SMILES string of the molecule is C=COC(C)Oc1ccc([S+](c2ccc(C(C)(C)C)cc2)c2ccc(C(C)(C)C)cc2)cc1. The highest BCUT2D eigenvalue weighted by Gasteiger charge is 2.30. The van der Waals surface area contributed by atoms with Gasteiger partial charge in [0.1, 0.15) is 5.75 Å². The molecule has 1 unspecified atom stereocenters. The second kappa shape index (κ2) is 10.1. The van der Waals surface area contributed by atoms with Gasteiger partial charge in [-0.25, -0.2) is 0 Å². The van der Waals surface area contributed by atoms with Gasteiger partial charge in [0.25, 0.3) is 0 Å². The normalized spacial score (nSPS) is 13.0. The molecule has 1 atom stereocenters. The van der Waals surface area contributed by atoms with Gasteiger partial charge in [-0.05, 0) is 70.5 Å². The summed E-state index contributed by atoms with van der Waals surface area (Å²) in [7, 11) is -0.212. The molecule has 3 rings (SSSR count). The Kier molecular flexibility index (Phi) is 7.64. The zero-order valence-corrected chi connectivity index (χ0v) is 21.8. The lowest BCUT2D eigenvalue weighted by atomic mass is 9.87. The molecule has 0 aliphatic carbocycles. The lowest BCUT2D eigenvalue weighted by molar-refractivity contribution is -0.0132. The van der Waals surface area contributed by atoms with Crippen molar-refractivity contribution in [3.63, 3.8) is 0 Å². The summed E-state index contributed by atoms with van der Waals surface area (Å²) in [6.07, 6.45) is 1.03. The van der Waals surface area contributed by atoms with Crippen LogP contribution in [0.1, 0.15) is 59.6 Å². The standard InChI is InChI=1S/C30H37O2S/c1-9-31-22(2)32-25-14-20-28(21-15-25)33(26-16-10-23(11-17-26)29(3,4)5)27-18-12-24(13-19-27)30(6,7)8/h9-22H,1H2,2-8H3/q+1. The maximum atomic E-state index is 5.82. The molecular weight excluding hydrogens is 424 g/mol. The Bertz CT molecular complexity index is 979. The van der Waals surface area contributed by atoms with Crippen LogP contribution in [0.5, 0.6) is 5.75 Å². The third-order valence-corrected chi connectivity index (χ3v) is 7.79. The van der Waals surface area contributed by atoms with Crippen LogP contribution in [0.4, 0.5) is 0 Å². The monoisotopic (exact) mass is 461 g/mol. The van der Waals surface area contributed by atoms with Crippen LogP contribution in [-0.2, 0) is 26.5 Å². The van der Waals surface area contributed by atoms with Crippen LogP contribution < -0.4 is 4.74 Å². The van der Waals surface area contributed by atoms with E-state index in [1.807, 2.05) is 19.1 Å². The van der Waals surface area contributed by atoms with Crippen LogP contribution >= 0.6 is 0 Å². The number of benzene rings is 3. The minimum absolute atomic E-state index is 0.134. The number of ether oxygens (including phenoxy) is 2. The molecule has 0 fully saturated rings. The molecule has 33 heavy (non-hydrogen) atoms. The third kappa shape index (κ3) is 6.45. The Hall–Kier alpha value is -2.65. The van der Waals surface area contributed by atoms with E-state index in [1.54, 1.807) is 0 Å². The molecule has 0 saturated carbocycles. The van der Waals surface area contributed by atoms with Gasteiger partial charge in [0, 0.05) is 6.92 Å². The highest BCUT2D eigenvalue weighted by atomic mass is 32.2. The molecule has 0 saturated heterocycles. The summed E-state index contributed by atoms with van der Waals surface area (Å²) in [5.74, 6) is 0.780. The summed E-state index contributed by atoms with van der Waals surface area (Å²) >= 11 is 0. The zero-order chi connectivity index (χ0) is 24.2. The van der Waals surface area contributed by atoms with Gasteiger partial charge in [-0.1, -0.05) is 72.4 Å². The third-order valence-electron chi connectivity index (χ3n) is 5.56. The minimum Gasteiger partial charge on any atom is -0.463 e. The lowest BCUT2D eigenvalue weighted by Gasteiger charge is -2.20. The summed E-state index contributed by atoms with van der Waals surface area (Å²) in [5.41, 5.74) is 2.96. The summed E-state index contributed by atoms with van der Waals surface area (Å²) < 4.78 is 11.1. The Morgan fingerprint density at radius 2 is 1.03 bits per heavy atom. The lowest BCUT2D eigenvalue weighted by Crippen LogP contribution is -2.13. The van der Waals surface area contributed by atoms with E-state index in [1.165, 1.54) is 32.1 Å². The first-order valence-electron chi connectivity index (χ1n) is 11.5. The Morgan fingerprint density at radius 1 is 0.667 bits per heavy atom. The maximum Gasteiger partial charge on any atom is 0.237 e. The van der Waals surface area contributed by atoms with Gasteiger partial charge < -0.3 is 9.47 Å². The molecule has 0 bridgehead atoms. The van der Waals surface area contributed by atoms with Gasteiger partial charge in [0.15, 0.2) is 14.7 Å². The predicted octanol–water partition coefficient (Wildman–Crippen LogP) is 8.26. The Labute approximate surface area is 203 Å². The van der Waals surface area contributed by atoms with Crippen LogP contribution in [0.15, 0.2) is 100 Å². The molecule has 3 heteroatoms. The van der Waals surface area contributed by atoms with Crippen LogP contribution in [0.2, 0.25) is 0 Å². The fraction of sp³-hybridized carbons (Fsp3) is 0.333. The van der Waals surface area contributed by atoms with Crippen LogP contribution in [0.3, 0.4) is 0 Å². The van der Waals surface area contributed by atoms with Crippen molar-refractivity contribution in [3.8, 4) is 5.75 Å². The van der Waals surface area contributed by atoms with E-state index >= 15 is 0 Å². The van der Waals surface area contributed by atoms with Gasteiger partial charge in [-0.15, -0.1) is 0 Å². The van der Waals surface area contributed by atoms with Crippen molar-refractivity contribution >= 4 is 10.9 Å². The average Bonchev–Trinajstić information content (AvgIpc) is 2.75. The molecule has 0 amide bonds. The van der Waals surface area contributed by atoms with E-state index in [0.29, 0.717) is 0 Å². The van der Waals surface area contributed by atoms with Gasteiger partial charge in [-0.3, -0.25) is 0 Å². The van der Waals surface area contributed by atoms with Crippen molar-refractivity contribution in [2.45, 2.75) is 80.3 Å². The van der Waals surface area contributed by atoms with Gasteiger partial charge in [0.05, 0.1) is 17.2 Å². The Balaban J connectivity index is 1.99. The van der Waals surface area contributed by atoms with E-state index < -0.39 is 0 Å². The molecule has 0 spiro atoms. The summed E-state index contributed by atoms with van der Waals surface area (Å²) in [5, 5.41) is 0. The molecule has 174 valence electrons. The van der Waals surface area contributed by atoms with Crippen molar-refractivity contribution in [1.82, 2.24) is 0 Å². The van der Waals surface area contributed by atoms with E-state index in [2.05, 4.69) is 109 Å². The highest BCUT2D eigenvalue weighted by Crippen LogP contribution is 2.35. The topological polar surface area (TPSA) is 18.5 Å². The van der Waals surface area contributed by atoms with Crippen LogP contribution in [-0.4, -0.2) is 6.29 Å². The first-order chi connectivity index (χ1) is 15.5. The molecule has 0 heterocycles. The molecule has 0 aromatic heterocycles. The molecule has 0 radical (unpaired) electrons. The highest BCUT2D eigenvalue weighted by molar-refractivity contribution is 7.97. The smallest absolute Gasteiger partial charge is 0.237 e. The molecule has 0 aliphatic rings. The van der Waals surface area contributed by atoms with Gasteiger partial charge in [-0.2, -0.15) is 0 Å². The molecule has 0 aliphatic heterocycles. The molecular formula is C30H37O2S+. The van der Waals surface area contributed by atoms with E-state index in [9.17, 15) is 0 Å². The molecule has 2 nitrogen and oxygen atoms in total. The average molecular weight is 462 g/mol. The van der Waals surface area contributed by atoms with Crippen molar-refractivity contribution < 1.29 is 9.47 Å². The number of hydrogen-bond donors (Lipinski definition) is 0. The predicted molar refractivity (Wildman–Crippen MR) is 140 cm³/mol. The summed E-state index contributed by atoms with van der Waals surface area (Å²) in [4.78, 5) is 3.87. The van der Waals surface area contributed by atoms with Crippen molar-refractivity contribution in [2.75, 3.05) is 0 Å². The fourth-order valence-corrected chi connectivity index (χ4v) is 5.64. The van der Waals surface area contributed by atoms with E-state index in [0.717, 1.165) is 5.75 Å². The van der Waals surface area contributed by atoms with E-state index in [-0.39, 0.29) is 28.0 Å². The van der Waals surface area contributed by atoms with Gasteiger partial charge >= 0.3 is 0 Å². The first kappa shape index (κ1) is 25.0. The first-order valence-corrected chi connectivity index (χ1v) is 12.7. The zero-order valence-electron chi connectivity index (χ0n) is 21.0. The second-order valence-electron chi connectivity index (χ2n) is 10.3. The molecule has 3 aromatic rings. The molecule has 3 aromatic carbocycles. The minimum atomic E-state index is -0.374. The maximum absolute atomic E-state index is 5.82. The molecule has 0 N–H and O–H groups in total. The number of hydrogen-bond acceptors (Lipinski definition) is 2. The largest absolute Gasteiger partial charge is 0.463 e. The van der Waals surface area contributed by atoms with Crippen LogP contribution in [0.25, 0.3) is 0 Å². The summed E-state index contributed by atoms with van der Waals surface area (Å²) in [6.45, 7) is 19.0. The van der Waals surface area contributed by atoms with E-state index in [4.69, 9.17) is 9.47 Å². The van der Waals surface area contributed by atoms with Crippen LogP contribution in [0, 0.1) is 0 Å². The quantitative estimate of drug-likeness (QED) is 0.200. The van der Waals surface area contributed by atoms with Crippen molar-refractivity contribution in [1.29, 1.82) is 0 Å². The fourth-order valence-electron chi connectivity index (χ4n) is 3.60. The second-order valence-corrected chi connectivity index (χ2v) is 12.3. The Morgan fingerprint density at radius 3 is 1.36 bits per heavy atom. The number of rotatable bonds is 7. The van der Waals surface area contributed by atoms with Crippen molar-refractivity contribution in [2.24, 2.45) is 0 Å². The summed E-state index contributed by atoms with van der Waals surface area (Å²) in [6, 6.07) is 26.6.